The first kappa shape index (κ1) is 17.0. The number of aromatic amines is 1. The van der Waals surface area contributed by atoms with Crippen LogP contribution in [0.3, 0.4) is 0 Å². The second-order valence-electron chi connectivity index (χ2n) is 4.76. The fourth-order valence-electron chi connectivity index (χ4n) is 1.79. The van der Waals surface area contributed by atoms with E-state index < -0.39 is 4.92 Å². The van der Waals surface area contributed by atoms with Gasteiger partial charge >= 0.3 is 0 Å². The van der Waals surface area contributed by atoms with Gasteiger partial charge in [0.05, 0.1) is 10.7 Å². The summed E-state index contributed by atoms with van der Waals surface area (Å²) in [6.07, 6.45) is 0. The number of H-pyrrole nitrogens is 1. The van der Waals surface area contributed by atoms with Crippen LogP contribution >= 0.6 is 23.1 Å². The van der Waals surface area contributed by atoms with Crippen molar-refractivity contribution in [1.29, 1.82) is 0 Å². The molecule has 0 saturated carbocycles. The van der Waals surface area contributed by atoms with E-state index in [2.05, 4.69) is 30.7 Å². The van der Waals surface area contributed by atoms with Gasteiger partial charge in [-0.2, -0.15) is 0 Å². The second kappa shape index (κ2) is 7.36. The molecule has 2 aromatic heterocycles. The average Bonchev–Trinajstić information content (AvgIpc) is 3.22. The molecule has 10 nitrogen and oxygen atoms in total. The number of rotatable bonds is 6. The molecule has 2 N–H and O–H groups in total. The molecule has 0 unspecified atom stereocenters. The van der Waals surface area contributed by atoms with Crippen LogP contribution in [0.4, 0.5) is 10.8 Å². The summed E-state index contributed by atoms with van der Waals surface area (Å²) in [7, 11) is 0. The van der Waals surface area contributed by atoms with Crippen molar-refractivity contribution in [3.05, 3.63) is 40.2 Å². The number of carbonyl (C=O) groups is 1. The van der Waals surface area contributed by atoms with E-state index in [1.165, 1.54) is 35.2 Å². The minimum atomic E-state index is -0.469. The first-order valence-electron chi connectivity index (χ1n) is 6.91. The monoisotopic (exact) mass is 377 g/mol. The van der Waals surface area contributed by atoms with E-state index in [9.17, 15) is 14.9 Å². The summed E-state index contributed by atoms with van der Waals surface area (Å²) in [5.74, 6) is 0.572. The van der Waals surface area contributed by atoms with Gasteiger partial charge < -0.3 is 0 Å². The molecule has 0 radical (unpaired) electrons. The number of hydrogen-bond acceptors (Lipinski definition) is 9. The minimum Gasteiger partial charge on any atom is -0.300 e. The molecule has 3 rings (SSSR count). The molecule has 0 atom stereocenters. The third-order valence-electron chi connectivity index (χ3n) is 2.91. The van der Waals surface area contributed by atoms with Gasteiger partial charge in [0.15, 0.2) is 0 Å². The van der Waals surface area contributed by atoms with Crippen LogP contribution in [0.25, 0.3) is 10.6 Å². The molecule has 2 heterocycles. The van der Waals surface area contributed by atoms with Gasteiger partial charge in [0, 0.05) is 17.7 Å². The number of nitro groups is 1. The number of aryl methyl sites for hydroxylation is 1. The van der Waals surface area contributed by atoms with Crippen molar-refractivity contribution < 1.29 is 9.72 Å². The summed E-state index contributed by atoms with van der Waals surface area (Å²) in [5, 5.41) is 29.2. The van der Waals surface area contributed by atoms with Crippen molar-refractivity contribution >= 4 is 39.8 Å². The maximum Gasteiger partial charge on any atom is 0.269 e. The van der Waals surface area contributed by atoms with Crippen LogP contribution in [0.5, 0.6) is 0 Å². The summed E-state index contributed by atoms with van der Waals surface area (Å²) in [6.45, 7) is 1.78. The van der Waals surface area contributed by atoms with Crippen molar-refractivity contribution in [2.24, 2.45) is 0 Å². The van der Waals surface area contributed by atoms with Gasteiger partial charge in [-0.3, -0.25) is 25.3 Å². The van der Waals surface area contributed by atoms with Gasteiger partial charge in [-0.1, -0.05) is 23.1 Å². The molecular formula is C13H11N7O3S2. The number of nitro benzene ring substituents is 1. The van der Waals surface area contributed by atoms with E-state index in [4.69, 9.17) is 0 Å². The molecule has 1 aromatic carbocycles. The Morgan fingerprint density at radius 3 is 2.76 bits per heavy atom. The van der Waals surface area contributed by atoms with Crippen LogP contribution in [0.1, 0.15) is 5.82 Å². The number of amides is 1. The molecule has 0 spiro atoms. The molecule has 0 aliphatic carbocycles. The first-order valence-corrected chi connectivity index (χ1v) is 8.71. The number of anilines is 1. The maximum absolute atomic E-state index is 11.9. The number of hydrogen-bond donors (Lipinski definition) is 2. The Morgan fingerprint density at radius 2 is 2.12 bits per heavy atom. The molecule has 128 valence electrons. The Hall–Kier alpha value is -2.86. The minimum absolute atomic E-state index is 0.000953. The Labute approximate surface area is 149 Å². The number of nitrogens with zero attached hydrogens (tertiary/aromatic N) is 5. The number of non-ortho nitro benzene ring substituents is 1. The van der Waals surface area contributed by atoms with Crippen LogP contribution in [0.2, 0.25) is 0 Å². The highest BCUT2D eigenvalue weighted by Gasteiger charge is 2.12. The fraction of sp³-hybridized carbons (Fsp3) is 0.154. The van der Waals surface area contributed by atoms with E-state index >= 15 is 0 Å². The second-order valence-corrected chi connectivity index (χ2v) is 6.68. The molecule has 0 bridgehead atoms. The third kappa shape index (κ3) is 4.36. The first-order chi connectivity index (χ1) is 12.0. The van der Waals surface area contributed by atoms with Gasteiger partial charge in [-0.15, -0.1) is 15.3 Å². The normalized spacial score (nSPS) is 10.6. The Bertz CT molecular complexity index is 907. The lowest BCUT2D eigenvalue weighted by Crippen LogP contribution is -2.13. The largest absolute Gasteiger partial charge is 0.300 e. The number of carbonyl (C=O) groups excluding carboxylic acids is 1. The standard InChI is InChI=1S/C13H11N7O3S2/c1-7-14-12(18-16-7)24-6-10(21)15-13-19-17-11(25-13)8-2-4-9(5-3-8)20(22)23/h2-5H,6H2,1H3,(H,14,16,18)(H,15,19,21). The zero-order valence-electron chi connectivity index (χ0n) is 12.8. The van der Waals surface area contributed by atoms with E-state index in [-0.39, 0.29) is 17.3 Å². The molecule has 0 aliphatic heterocycles. The Kier molecular flexibility index (Phi) is 5.00. The van der Waals surface area contributed by atoms with Crippen LogP contribution in [-0.4, -0.2) is 42.0 Å². The van der Waals surface area contributed by atoms with Gasteiger partial charge in [0.2, 0.25) is 16.2 Å². The van der Waals surface area contributed by atoms with E-state index in [0.29, 0.717) is 26.7 Å². The lowest BCUT2D eigenvalue weighted by atomic mass is 10.2. The number of thioether (sulfide) groups is 1. The molecule has 0 saturated heterocycles. The smallest absolute Gasteiger partial charge is 0.269 e. The SMILES string of the molecule is Cc1nc(SCC(=O)Nc2nnc(-c3ccc([N+](=O)[O-])cc3)s2)n[nH]1. The Morgan fingerprint density at radius 1 is 1.36 bits per heavy atom. The molecule has 12 heteroatoms. The highest BCUT2D eigenvalue weighted by molar-refractivity contribution is 7.99. The quantitative estimate of drug-likeness (QED) is 0.379. The third-order valence-corrected chi connectivity index (χ3v) is 4.64. The van der Waals surface area contributed by atoms with E-state index in [0.717, 1.165) is 0 Å². The lowest BCUT2D eigenvalue weighted by Gasteiger charge is -1.98. The van der Waals surface area contributed by atoms with Gasteiger partial charge in [-0.05, 0) is 19.1 Å². The van der Waals surface area contributed by atoms with Crippen molar-refractivity contribution in [3.63, 3.8) is 0 Å². The van der Waals surface area contributed by atoms with E-state index in [1.807, 2.05) is 0 Å². The Balaban J connectivity index is 1.59. The predicted molar refractivity (Wildman–Crippen MR) is 92.5 cm³/mol. The molecule has 0 fully saturated rings. The molecule has 0 aliphatic rings. The average molecular weight is 377 g/mol. The summed E-state index contributed by atoms with van der Waals surface area (Å²) in [4.78, 5) is 26.2. The zero-order chi connectivity index (χ0) is 17.8. The highest BCUT2D eigenvalue weighted by Crippen LogP contribution is 2.27. The summed E-state index contributed by atoms with van der Waals surface area (Å²) < 4.78 is 0. The van der Waals surface area contributed by atoms with E-state index in [1.54, 1.807) is 19.1 Å². The topological polar surface area (TPSA) is 140 Å². The predicted octanol–water partition coefficient (Wildman–Crippen LogP) is 2.27. The van der Waals surface area contributed by atoms with Crippen LogP contribution in [-0.2, 0) is 4.79 Å². The van der Waals surface area contributed by atoms with Crippen molar-refractivity contribution in [1.82, 2.24) is 25.4 Å². The fourth-order valence-corrected chi connectivity index (χ4v) is 3.20. The maximum atomic E-state index is 11.9. The summed E-state index contributed by atoms with van der Waals surface area (Å²) >= 11 is 2.39. The number of nitrogens with one attached hydrogen (secondary N) is 2. The van der Waals surface area contributed by atoms with Gasteiger partial charge in [-0.25, -0.2) is 4.98 Å². The van der Waals surface area contributed by atoms with Crippen molar-refractivity contribution in [3.8, 4) is 10.6 Å². The molecule has 25 heavy (non-hydrogen) atoms. The van der Waals surface area contributed by atoms with Crippen molar-refractivity contribution in [2.45, 2.75) is 12.1 Å². The van der Waals surface area contributed by atoms with Gasteiger partial charge in [0.25, 0.3) is 5.69 Å². The summed E-state index contributed by atoms with van der Waals surface area (Å²) in [6, 6.07) is 5.96. The van der Waals surface area contributed by atoms with Crippen molar-refractivity contribution in [2.75, 3.05) is 11.1 Å². The number of benzene rings is 1. The molecule has 3 aromatic rings. The summed E-state index contributed by atoms with van der Waals surface area (Å²) in [5.41, 5.74) is 0.690. The van der Waals surface area contributed by atoms with Crippen LogP contribution < -0.4 is 5.32 Å². The van der Waals surface area contributed by atoms with Crippen LogP contribution in [0.15, 0.2) is 29.4 Å². The molecule has 1 amide bonds. The number of aromatic nitrogens is 5. The highest BCUT2D eigenvalue weighted by atomic mass is 32.2. The van der Waals surface area contributed by atoms with Gasteiger partial charge in [0.1, 0.15) is 10.8 Å². The zero-order valence-corrected chi connectivity index (χ0v) is 14.4. The molecular weight excluding hydrogens is 366 g/mol. The van der Waals surface area contributed by atoms with Crippen LogP contribution in [0, 0.1) is 17.0 Å². The lowest BCUT2D eigenvalue weighted by molar-refractivity contribution is -0.384.